The molecular formula is C34H31F3N6O3. The number of halogens is 3. The van der Waals surface area contributed by atoms with Crippen molar-refractivity contribution in [1.29, 1.82) is 0 Å². The number of alkyl halides is 1. The average molecular weight is 629 g/mol. The Labute approximate surface area is 262 Å². The smallest absolute Gasteiger partial charge is 0.319 e. The summed E-state index contributed by atoms with van der Waals surface area (Å²) in [7, 11) is 0. The molecule has 9 rings (SSSR count). The van der Waals surface area contributed by atoms with E-state index in [1.54, 1.807) is 0 Å². The summed E-state index contributed by atoms with van der Waals surface area (Å²) in [5.74, 6) is 1.35. The Balaban J connectivity index is 1.25. The highest BCUT2D eigenvalue weighted by Gasteiger charge is 2.50. The second-order valence-corrected chi connectivity index (χ2v) is 13.2. The van der Waals surface area contributed by atoms with E-state index in [0.717, 1.165) is 32.2 Å². The van der Waals surface area contributed by atoms with Gasteiger partial charge in [-0.15, -0.1) is 6.42 Å². The Bertz CT molecular complexity index is 1990. The molecular weight excluding hydrogens is 597 g/mol. The molecule has 0 amide bonds. The third-order valence-electron chi connectivity index (χ3n) is 10.6. The second kappa shape index (κ2) is 10.1. The van der Waals surface area contributed by atoms with E-state index in [4.69, 9.17) is 20.9 Å². The van der Waals surface area contributed by atoms with Gasteiger partial charge in [0.25, 0.3) is 0 Å². The molecule has 4 saturated heterocycles. The number of rotatable bonds is 4. The van der Waals surface area contributed by atoms with E-state index in [1.165, 1.54) is 24.3 Å². The first-order chi connectivity index (χ1) is 22.3. The van der Waals surface area contributed by atoms with Crippen molar-refractivity contribution in [3.63, 3.8) is 0 Å². The lowest BCUT2D eigenvalue weighted by molar-refractivity contribution is 0.107. The van der Waals surface area contributed by atoms with Crippen LogP contribution >= 0.6 is 0 Å². The standard InChI is InChI=1S/C34H31F3N6O3/c1-2-21-23(36)6-4-17-10-20(44)11-22(26(17)21)29-28(37)30-27-31(43-14-19-5-7-24(38-19)25(43)15-45-32(27)39-29)41-33(40-30)46-16-34-8-3-9-42(34)13-18(35)12-34/h1,4,6,10-11,18-19,24-25,38,44H,3,5,7-9,12-16H2/t18-,19-,24+,25-,34-/m0/s1. The molecule has 2 bridgehead atoms. The van der Waals surface area contributed by atoms with Crippen LogP contribution in [0.15, 0.2) is 24.3 Å². The fraction of sp³-hybridized carbons (Fsp3) is 0.441. The Morgan fingerprint density at radius 2 is 2.04 bits per heavy atom. The maximum absolute atomic E-state index is 17.0. The third-order valence-corrected chi connectivity index (χ3v) is 10.6. The number of hydrogen-bond acceptors (Lipinski definition) is 9. The largest absolute Gasteiger partial charge is 0.508 e. The molecule has 12 heteroatoms. The molecule has 7 heterocycles. The summed E-state index contributed by atoms with van der Waals surface area (Å²) in [6.45, 7) is 2.27. The summed E-state index contributed by atoms with van der Waals surface area (Å²) >= 11 is 0. The Morgan fingerprint density at radius 3 is 2.91 bits per heavy atom. The lowest BCUT2D eigenvalue weighted by atomic mass is 9.95. The number of benzene rings is 2. The minimum Gasteiger partial charge on any atom is -0.508 e. The predicted octanol–water partition coefficient (Wildman–Crippen LogP) is 4.47. The number of hydrogen-bond donors (Lipinski definition) is 2. The van der Waals surface area contributed by atoms with Crippen LogP contribution in [0.25, 0.3) is 32.9 Å². The molecule has 2 aromatic heterocycles. The van der Waals surface area contributed by atoms with Gasteiger partial charge in [0.2, 0.25) is 5.88 Å². The number of phenols is 1. The predicted molar refractivity (Wildman–Crippen MR) is 165 cm³/mol. The topological polar surface area (TPSA) is 95.9 Å². The van der Waals surface area contributed by atoms with E-state index in [-0.39, 0.29) is 76.7 Å². The summed E-state index contributed by atoms with van der Waals surface area (Å²) in [5, 5.41) is 15.3. The van der Waals surface area contributed by atoms with Gasteiger partial charge in [-0.2, -0.15) is 9.97 Å². The number of terminal acetylenes is 1. The Kier molecular flexibility index (Phi) is 6.12. The number of ether oxygens (including phenoxy) is 2. The fourth-order valence-corrected chi connectivity index (χ4v) is 8.56. The highest BCUT2D eigenvalue weighted by atomic mass is 19.1. The van der Waals surface area contributed by atoms with Gasteiger partial charge in [-0.05, 0) is 55.8 Å². The zero-order chi connectivity index (χ0) is 31.3. The number of aromatic hydroxyl groups is 1. The summed E-state index contributed by atoms with van der Waals surface area (Å²) in [6, 6.07) is 5.72. The van der Waals surface area contributed by atoms with E-state index in [9.17, 15) is 13.9 Å². The number of fused-ring (bicyclic) bond motifs is 7. The molecule has 5 atom stereocenters. The lowest BCUT2D eigenvalue weighted by Crippen LogP contribution is -2.60. The van der Waals surface area contributed by atoms with Crippen molar-refractivity contribution in [3.8, 4) is 41.2 Å². The van der Waals surface area contributed by atoms with Crippen molar-refractivity contribution in [1.82, 2.24) is 25.2 Å². The molecule has 0 unspecified atom stereocenters. The van der Waals surface area contributed by atoms with Gasteiger partial charge in [0.15, 0.2) is 5.82 Å². The van der Waals surface area contributed by atoms with Gasteiger partial charge in [0, 0.05) is 42.5 Å². The molecule has 4 aromatic rings. The zero-order valence-electron chi connectivity index (χ0n) is 24.9. The maximum atomic E-state index is 17.0. The normalized spacial score (nSPS) is 28.2. The SMILES string of the molecule is C#Cc1c(F)ccc2cc(O)cc(-c3nc4c5c(nc(OC[C@@]67CCCN6C[C@@H](F)C7)nc5c3F)N3C[C@@H]5CC[C@@H](N5)[C@@H]3CO4)c12. The first kappa shape index (κ1) is 27.9. The molecule has 46 heavy (non-hydrogen) atoms. The van der Waals surface area contributed by atoms with E-state index in [1.807, 2.05) is 0 Å². The summed E-state index contributed by atoms with van der Waals surface area (Å²) < 4.78 is 59.1. The van der Waals surface area contributed by atoms with Crippen molar-refractivity contribution in [2.24, 2.45) is 0 Å². The minimum absolute atomic E-state index is 0.0179. The number of nitrogens with zero attached hydrogens (tertiary/aromatic N) is 5. The Hall–Kier alpha value is -4.34. The first-order valence-corrected chi connectivity index (χ1v) is 15.8. The quantitative estimate of drug-likeness (QED) is 0.318. The van der Waals surface area contributed by atoms with E-state index in [2.05, 4.69) is 31.0 Å². The molecule has 236 valence electrons. The van der Waals surface area contributed by atoms with E-state index >= 15 is 4.39 Å². The monoisotopic (exact) mass is 628 g/mol. The number of anilines is 1. The van der Waals surface area contributed by atoms with Crippen LogP contribution in [0.4, 0.5) is 19.0 Å². The van der Waals surface area contributed by atoms with Crippen LogP contribution in [0.2, 0.25) is 0 Å². The van der Waals surface area contributed by atoms with Crippen molar-refractivity contribution in [2.45, 2.75) is 61.9 Å². The third kappa shape index (κ3) is 4.07. The minimum atomic E-state index is -0.927. The summed E-state index contributed by atoms with van der Waals surface area (Å²) in [6.07, 6.45) is 8.89. The Morgan fingerprint density at radius 1 is 1.15 bits per heavy atom. The first-order valence-electron chi connectivity index (χ1n) is 15.8. The molecule has 4 fully saturated rings. The number of piperazine rings is 1. The van der Waals surface area contributed by atoms with E-state index < -0.39 is 23.3 Å². The molecule has 5 aliphatic heterocycles. The average Bonchev–Trinajstić information content (AvgIpc) is 3.68. The van der Waals surface area contributed by atoms with Gasteiger partial charge in [-0.1, -0.05) is 12.0 Å². The number of phenolic OH excluding ortho intramolecular Hbond substituents is 1. The number of nitrogens with one attached hydrogen (secondary N) is 1. The molecule has 5 aliphatic rings. The summed E-state index contributed by atoms with van der Waals surface area (Å²) in [4.78, 5) is 18.4. The van der Waals surface area contributed by atoms with Crippen LogP contribution in [0.1, 0.15) is 37.7 Å². The van der Waals surface area contributed by atoms with Crippen LogP contribution in [0, 0.1) is 24.0 Å². The van der Waals surface area contributed by atoms with Gasteiger partial charge in [-0.3, -0.25) is 4.90 Å². The van der Waals surface area contributed by atoms with Gasteiger partial charge in [-0.25, -0.2) is 18.2 Å². The fourth-order valence-electron chi connectivity index (χ4n) is 8.56. The van der Waals surface area contributed by atoms with Crippen LogP contribution in [-0.4, -0.2) is 87.6 Å². The highest BCUT2D eigenvalue weighted by Crippen LogP contribution is 2.45. The molecule has 9 nitrogen and oxygen atoms in total. The van der Waals surface area contributed by atoms with Crippen LogP contribution in [-0.2, 0) is 0 Å². The van der Waals surface area contributed by atoms with Crippen LogP contribution < -0.4 is 19.7 Å². The molecule has 2 N–H and O–H groups in total. The molecule has 0 saturated carbocycles. The number of pyridine rings is 1. The molecule has 2 aromatic carbocycles. The van der Waals surface area contributed by atoms with Gasteiger partial charge in [0.05, 0.1) is 17.1 Å². The molecule has 0 spiro atoms. The van der Waals surface area contributed by atoms with Crippen molar-refractivity contribution < 1.29 is 27.8 Å². The maximum Gasteiger partial charge on any atom is 0.319 e. The zero-order valence-corrected chi connectivity index (χ0v) is 24.9. The van der Waals surface area contributed by atoms with Crippen LogP contribution in [0.5, 0.6) is 17.6 Å². The van der Waals surface area contributed by atoms with Gasteiger partial charge >= 0.3 is 6.01 Å². The van der Waals surface area contributed by atoms with Crippen molar-refractivity contribution in [3.05, 3.63) is 41.5 Å². The van der Waals surface area contributed by atoms with Crippen molar-refractivity contribution in [2.75, 3.05) is 37.7 Å². The number of aromatic nitrogens is 3. The second-order valence-electron chi connectivity index (χ2n) is 13.2. The van der Waals surface area contributed by atoms with Gasteiger partial charge in [0.1, 0.15) is 53.4 Å². The van der Waals surface area contributed by atoms with Crippen LogP contribution in [0.3, 0.4) is 0 Å². The lowest BCUT2D eigenvalue weighted by Gasteiger charge is -2.40. The summed E-state index contributed by atoms with van der Waals surface area (Å²) in [5.41, 5.74) is -0.688. The van der Waals surface area contributed by atoms with Gasteiger partial charge < -0.3 is 24.8 Å². The van der Waals surface area contributed by atoms with E-state index in [0.29, 0.717) is 36.1 Å². The highest BCUT2D eigenvalue weighted by molar-refractivity contribution is 6.04. The molecule has 0 radical (unpaired) electrons. The van der Waals surface area contributed by atoms with Crippen molar-refractivity contribution >= 4 is 27.5 Å². The molecule has 0 aliphatic carbocycles.